The molecule has 0 aromatic carbocycles. The molecule has 0 fully saturated rings. The summed E-state index contributed by atoms with van der Waals surface area (Å²) in [6, 6.07) is 7.55. The molecule has 11 heteroatoms. The van der Waals surface area contributed by atoms with E-state index in [1.807, 2.05) is 13.0 Å². The van der Waals surface area contributed by atoms with Crippen LogP contribution in [0.4, 0.5) is 13.2 Å². The topological polar surface area (TPSA) is 77.1 Å². The summed E-state index contributed by atoms with van der Waals surface area (Å²) in [5.41, 5.74) is -0.371. The third kappa shape index (κ3) is 3.92. The van der Waals surface area contributed by atoms with Gasteiger partial charge in [-0.05, 0) is 30.7 Å². The molecule has 0 saturated heterocycles. The Morgan fingerprint density at radius 3 is 2.63 bits per heavy atom. The van der Waals surface area contributed by atoms with Crippen molar-refractivity contribution in [3.63, 3.8) is 0 Å². The molecule has 1 amide bonds. The molecule has 0 saturated carbocycles. The van der Waals surface area contributed by atoms with Crippen molar-refractivity contribution in [1.29, 1.82) is 0 Å². The van der Waals surface area contributed by atoms with Gasteiger partial charge in [-0.15, -0.1) is 11.3 Å². The van der Waals surface area contributed by atoms with Crippen LogP contribution in [0.25, 0.3) is 16.2 Å². The fourth-order valence-electron chi connectivity index (χ4n) is 2.94. The van der Waals surface area contributed by atoms with Gasteiger partial charge in [-0.25, -0.2) is 9.50 Å². The van der Waals surface area contributed by atoms with Crippen molar-refractivity contribution in [3.05, 3.63) is 58.5 Å². The second-order valence-electron chi connectivity index (χ2n) is 6.61. The minimum Gasteiger partial charge on any atom is -0.345 e. The van der Waals surface area contributed by atoms with Crippen LogP contribution in [0, 0.1) is 0 Å². The molecule has 0 aliphatic heterocycles. The highest BCUT2D eigenvalue weighted by molar-refractivity contribution is 7.15. The monoisotopic (exact) mass is 434 g/mol. The SMILES string of the molecule is CCc1ccc(-c2cc(C(F)(F)F)n3nc(C(=O)NCc4ccn(C)n4)cc3n2)s1. The van der Waals surface area contributed by atoms with Gasteiger partial charge in [-0.2, -0.15) is 23.4 Å². The van der Waals surface area contributed by atoms with Crippen molar-refractivity contribution >= 4 is 22.9 Å². The number of aryl methyl sites for hydroxylation is 2. The smallest absolute Gasteiger partial charge is 0.345 e. The van der Waals surface area contributed by atoms with Crippen molar-refractivity contribution in [2.24, 2.45) is 7.05 Å². The third-order valence-corrected chi connectivity index (χ3v) is 5.66. The fourth-order valence-corrected chi connectivity index (χ4v) is 3.85. The van der Waals surface area contributed by atoms with Gasteiger partial charge in [0.2, 0.25) is 0 Å². The Hall–Kier alpha value is -3.21. The lowest BCUT2D eigenvalue weighted by Gasteiger charge is -2.10. The third-order valence-electron chi connectivity index (χ3n) is 4.41. The van der Waals surface area contributed by atoms with Gasteiger partial charge in [0.1, 0.15) is 0 Å². The predicted octanol–water partition coefficient (Wildman–Crippen LogP) is 3.70. The summed E-state index contributed by atoms with van der Waals surface area (Å²) in [6.07, 6.45) is -2.15. The van der Waals surface area contributed by atoms with E-state index in [4.69, 9.17) is 0 Å². The summed E-state index contributed by atoms with van der Waals surface area (Å²) >= 11 is 1.39. The van der Waals surface area contributed by atoms with Crippen LogP contribution in [-0.2, 0) is 26.2 Å². The molecule has 4 heterocycles. The van der Waals surface area contributed by atoms with Crippen molar-refractivity contribution in [2.75, 3.05) is 0 Å². The van der Waals surface area contributed by atoms with Gasteiger partial charge in [0, 0.05) is 24.2 Å². The van der Waals surface area contributed by atoms with E-state index < -0.39 is 17.8 Å². The molecule has 156 valence electrons. The number of alkyl halides is 3. The highest BCUT2D eigenvalue weighted by Gasteiger charge is 2.35. The largest absolute Gasteiger partial charge is 0.433 e. The molecule has 0 spiro atoms. The van der Waals surface area contributed by atoms with Gasteiger partial charge in [-0.1, -0.05) is 6.92 Å². The van der Waals surface area contributed by atoms with Crippen molar-refractivity contribution in [1.82, 2.24) is 29.7 Å². The van der Waals surface area contributed by atoms with Crippen LogP contribution in [0.15, 0.2) is 36.5 Å². The van der Waals surface area contributed by atoms with Crippen LogP contribution in [-0.4, -0.2) is 30.3 Å². The maximum absolute atomic E-state index is 13.7. The Balaban J connectivity index is 1.70. The number of halogens is 3. The first-order valence-corrected chi connectivity index (χ1v) is 9.90. The Morgan fingerprint density at radius 2 is 2.00 bits per heavy atom. The minimum absolute atomic E-state index is 0.0470. The number of nitrogens with one attached hydrogen (secondary N) is 1. The zero-order chi connectivity index (χ0) is 21.5. The number of aromatic nitrogens is 5. The lowest BCUT2D eigenvalue weighted by molar-refractivity contribution is -0.142. The zero-order valence-corrected chi connectivity index (χ0v) is 16.9. The lowest BCUT2D eigenvalue weighted by Crippen LogP contribution is -2.23. The Bertz CT molecular complexity index is 1220. The second kappa shape index (κ2) is 7.56. The summed E-state index contributed by atoms with van der Waals surface area (Å²) in [6.45, 7) is 2.10. The van der Waals surface area contributed by atoms with Crippen LogP contribution < -0.4 is 5.32 Å². The summed E-state index contributed by atoms with van der Waals surface area (Å²) in [4.78, 5) is 18.4. The van der Waals surface area contributed by atoms with Crippen molar-refractivity contribution in [2.45, 2.75) is 26.1 Å². The predicted molar refractivity (Wildman–Crippen MR) is 105 cm³/mol. The molecular formula is C19H17F3N6OS. The van der Waals surface area contributed by atoms with Gasteiger partial charge < -0.3 is 5.32 Å². The molecule has 30 heavy (non-hydrogen) atoms. The molecule has 0 bridgehead atoms. The van der Waals surface area contributed by atoms with E-state index in [1.165, 1.54) is 17.4 Å². The van der Waals surface area contributed by atoms with E-state index in [0.717, 1.165) is 17.4 Å². The van der Waals surface area contributed by atoms with Crippen LogP contribution in [0.1, 0.15) is 33.7 Å². The molecule has 4 aromatic heterocycles. The van der Waals surface area contributed by atoms with Crippen LogP contribution >= 0.6 is 11.3 Å². The molecular weight excluding hydrogens is 417 g/mol. The molecule has 0 radical (unpaired) electrons. The average molecular weight is 434 g/mol. The number of amides is 1. The molecule has 7 nitrogen and oxygen atoms in total. The molecule has 0 aliphatic rings. The number of fused-ring (bicyclic) bond motifs is 1. The molecule has 0 aliphatic carbocycles. The summed E-state index contributed by atoms with van der Waals surface area (Å²) in [7, 11) is 1.74. The lowest BCUT2D eigenvalue weighted by atomic mass is 10.2. The van der Waals surface area contributed by atoms with Crippen LogP contribution in [0.5, 0.6) is 0 Å². The minimum atomic E-state index is -4.66. The standard InChI is InChI=1S/C19H17F3N6OS/c1-3-12-4-5-15(30-12)13-8-16(19(20,21)22)28-17(24-13)9-14(26-28)18(29)23-10-11-6-7-27(2)25-11/h4-9H,3,10H2,1-2H3,(H,23,29). The van der Waals surface area contributed by atoms with E-state index in [-0.39, 0.29) is 23.6 Å². The van der Waals surface area contributed by atoms with Gasteiger partial charge >= 0.3 is 6.18 Å². The van der Waals surface area contributed by atoms with Crippen LogP contribution in [0.3, 0.4) is 0 Å². The van der Waals surface area contributed by atoms with E-state index in [0.29, 0.717) is 15.1 Å². The number of hydrogen-bond acceptors (Lipinski definition) is 5. The highest BCUT2D eigenvalue weighted by atomic mass is 32.1. The average Bonchev–Trinajstić information content (AvgIpc) is 3.43. The van der Waals surface area contributed by atoms with Gasteiger partial charge in [0.25, 0.3) is 5.91 Å². The number of nitrogens with zero attached hydrogens (tertiary/aromatic N) is 5. The van der Waals surface area contributed by atoms with E-state index in [9.17, 15) is 18.0 Å². The van der Waals surface area contributed by atoms with Gasteiger partial charge in [0.05, 0.1) is 22.8 Å². The number of hydrogen-bond donors (Lipinski definition) is 1. The second-order valence-corrected chi connectivity index (χ2v) is 7.78. The first-order valence-electron chi connectivity index (χ1n) is 9.08. The first-order chi connectivity index (χ1) is 14.2. The van der Waals surface area contributed by atoms with Gasteiger partial charge in [-0.3, -0.25) is 9.48 Å². The number of carbonyl (C=O) groups excluding carboxylic acids is 1. The van der Waals surface area contributed by atoms with Crippen molar-refractivity contribution < 1.29 is 18.0 Å². The number of carbonyl (C=O) groups is 1. The summed E-state index contributed by atoms with van der Waals surface area (Å²) in [5.74, 6) is -0.606. The first kappa shape index (κ1) is 20.1. The van der Waals surface area contributed by atoms with Crippen molar-refractivity contribution in [3.8, 4) is 10.6 Å². The Kier molecular flexibility index (Phi) is 5.06. The molecule has 4 rings (SSSR count). The van der Waals surface area contributed by atoms with Gasteiger partial charge in [0.15, 0.2) is 17.0 Å². The van der Waals surface area contributed by atoms with E-state index in [2.05, 4.69) is 20.5 Å². The van der Waals surface area contributed by atoms with E-state index in [1.54, 1.807) is 30.1 Å². The molecule has 0 unspecified atom stereocenters. The summed E-state index contributed by atoms with van der Waals surface area (Å²) in [5, 5.41) is 10.6. The highest BCUT2D eigenvalue weighted by Crippen LogP contribution is 2.34. The van der Waals surface area contributed by atoms with Crippen LogP contribution in [0.2, 0.25) is 0 Å². The van der Waals surface area contributed by atoms with E-state index >= 15 is 0 Å². The molecule has 1 N–H and O–H groups in total. The molecule has 0 atom stereocenters. The number of rotatable bonds is 5. The molecule has 4 aromatic rings. The maximum atomic E-state index is 13.7. The Morgan fingerprint density at radius 1 is 1.20 bits per heavy atom. The Labute approximate surface area is 173 Å². The normalized spacial score (nSPS) is 11.9. The maximum Gasteiger partial charge on any atom is 0.433 e. The summed E-state index contributed by atoms with van der Waals surface area (Å²) < 4.78 is 43.3. The fraction of sp³-hybridized carbons (Fsp3) is 0.263. The zero-order valence-electron chi connectivity index (χ0n) is 16.1. The quantitative estimate of drug-likeness (QED) is 0.520. The number of thiophene rings is 1.